The van der Waals surface area contributed by atoms with Gasteiger partial charge >= 0.3 is 12.1 Å². The maximum absolute atomic E-state index is 13.0. The highest BCUT2D eigenvalue weighted by Gasteiger charge is 2.42. The second-order valence-electron chi connectivity index (χ2n) is 6.08. The fraction of sp³-hybridized carbons (Fsp3) is 0.474. The van der Waals surface area contributed by atoms with Crippen LogP contribution in [-0.4, -0.2) is 43.7 Å². The summed E-state index contributed by atoms with van der Waals surface area (Å²) in [4.78, 5) is 24.3. The lowest BCUT2D eigenvalue weighted by molar-refractivity contribution is -0.170. The number of hydrogen-bond acceptors (Lipinski definition) is 4. The molecule has 9 heteroatoms. The monoisotopic (exact) mass is 401 g/mol. The second-order valence-corrected chi connectivity index (χ2v) is 6.08. The minimum Gasteiger partial charge on any atom is -0.497 e. The van der Waals surface area contributed by atoms with Crippen LogP contribution in [0.15, 0.2) is 36.4 Å². The number of rotatable bonds is 9. The zero-order chi connectivity index (χ0) is 21.3. The lowest BCUT2D eigenvalue weighted by atomic mass is 10.1. The maximum Gasteiger partial charge on any atom is 0.471 e. The van der Waals surface area contributed by atoms with Gasteiger partial charge in [-0.25, -0.2) is 0 Å². The number of carbonyl (C=O) groups excluding carboxylic acids is 2. The van der Waals surface area contributed by atoms with Crippen molar-refractivity contribution in [3.8, 4) is 5.75 Å². The van der Waals surface area contributed by atoms with Crippen molar-refractivity contribution in [2.75, 3.05) is 18.6 Å². The SMILES string of the molecule is CC[C@@H](/C=C/CN(C(=O)C(F)(F)F)c1ccc(OC)cc1)NC(=O)[C@@H](N)CC. The Morgan fingerprint density at radius 2 is 1.82 bits per heavy atom. The van der Waals surface area contributed by atoms with E-state index in [2.05, 4.69) is 5.32 Å². The van der Waals surface area contributed by atoms with Crippen molar-refractivity contribution in [3.05, 3.63) is 36.4 Å². The first-order chi connectivity index (χ1) is 13.1. The molecule has 0 spiro atoms. The molecule has 1 rings (SSSR count). The van der Waals surface area contributed by atoms with E-state index in [0.717, 1.165) is 0 Å². The number of methoxy groups -OCH3 is 1. The van der Waals surface area contributed by atoms with Crippen molar-refractivity contribution in [1.29, 1.82) is 0 Å². The quantitative estimate of drug-likeness (QED) is 0.623. The fourth-order valence-electron chi connectivity index (χ4n) is 2.31. The molecule has 0 aliphatic heterocycles. The Morgan fingerprint density at radius 1 is 1.21 bits per heavy atom. The fourth-order valence-corrected chi connectivity index (χ4v) is 2.31. The molecule has 0 aromatic heterocycles. The van der Waals surface area contributed by atoms with Crippen LogP contribution in [0.4, 0.5) is 18.9 Å². The summed E-state index contributed by atoms with van der Waals surface area (Å²) in [5, 5.41) is 2.71. The van der Waals surface area contributed by atoms with Gasteiger partial charge in [0, 0.05) is 18.3 Å². The predicted molar refractivity (Wildman–Crippen MR) is 101 cm³/mol. The van der Waals surface area contributed by atoms with Crippen molar-refractivity contribution in [2.45, 2.75) is 44.9 Å². The molecular weight excluding hydrogens is 375 g/mol. The highest BCUT2D eigenvalue weighted by molar-refractivity contribution is 5.97. The molecule has 3 N–H and O–H groups in total. The van der Waals surface area contributed by atoms with Gasteiger partial charge in [-0.2, -0.15) is 13.2 Å². The molecule has 156 valence electrons. The molecule has 0 saturated heterocycles. The van der Waals surface area contributed by atoms with E-state index < -0.39 is 24.2 Å². The van der Waals surface area contributed by atoms with E-state index in [1.54, 1.807) is 13.0 Å². The highest BCUT2D eigenvalue weighted by atomic mass is 19.4. The number of nitrogens with two attached hydrogens (primary N) is 1. The molecule has 2 atom stereocenters. The first-order valence-corrected chi connectivity index (χ1v) is 8.89. The summed E-state index contributed by atoms with van der Waals surface area (Å²) < 4.78 is 43.9. The summed E-state index contributed by atoms with van der Waals surface area (Å²) >= 11 is 0. The largest absolute Gasteiger partial charge is 0.497 e. The van der Waals surface area contributed by atoms with E-state index in [4.69, 9.17) is 10.5 Å². The standard InChI is InChI=1S/C19H26F3N3O3/c1-4-13(24-17(26)16(23)5-2)7-6-12-25(18(27)19(20,21)22)14-8-10-15(28-3)11-9-14/h6-11,13,16H,4-5,12,23H2,1-3H3,(H,24,26)/b7-6+/t13-,16-/m0/s1. The van der Waals surface area contributed by atoms with Gasteiger partial charge in [-0.1, -0.05) is 26.0 Å². The number of benzene rings is 1. The van der Waals surface area contributed by atoms with Crippen molar-refractivity contribution < 1.29 is 27.5 Å². The Hall–Kier alpha value is -2.55. The topological polar surface area (TPSA) is 84.7 Å². The summed E-state index contributed by atoms with van der Waals surface area (Å²) in [5.41, 5.74) is 5.74. The average molecular weight is 401 g/mol. The zero-order valence-corrected chi connectivity index (χ0v) is 16.1. The second kappa shape index (κ2) is 10.7. The normalized spacial score (nSPS) is 13.8. The third-order valence-electron chi connectivity index (χ3n) is 4.07. The van der Waals surface area contributed by atoms with E-state index in [1.165, 1.54) is 37.5 Å². The van der Waals surface area contributed by atoms with Crippen molar-refractivity contribution in [1.82, 2.24) is 5.32 Å². The Balaban J connectivity index is 2.94. The van der Waals surface area contributed by atoms with E-state index in [9.17, 15) is 22.8 Å². The first kappa shape index (κ1) is 23.5. The van der Waals surface area contributed by atoms with E-state index in [1.807, 2.05) is 6.92 Å². The van der Waals surface area contributed by atoms with Crippen LogP contribution in [0.3, 0.4) is 0 Å². The molecule has 0 fully saturated rings. The lowest BCUT2D eigenvalue weighted by Crippen LogP contribution is -2.44. The smallest absolute Gasteiger partial charge is 0.471 e. The number of hydrogen-bond donors (Lipinski definition) is 2. The van der Waals surface area contributed by atoms with E-state index in [0.29, 0.717) is 23.5 Å². The van der Waals surface area contributed by atoms with Crippen molar-refractivity contribution >= 4 is 17.5 Å². The van der Waals surface area contributed by atoms with Crippen LogP contribution in [0.5, 0.6) is 5.75 Å². The van der Waals surface area contributed by atoms with Gasteiger partial charge < -0.3 is 20.7 Å². The summed E-state index contributed by atoms with van der Waals surface area (Å²) in [7, 11) is 1.43. The summed E-state index contributed by atoms with van der Waals surface area (Å²) in [6, 6.07) is 4.63. The number of carbonyl (C=O) groups is 2. The van der Waals surface area contributed by atoms with E-state index >= 15 is 0 Å². The molecule has 28 heavy (non-hydrogen) atoms. The molecule has 2 amide bonds. The summed E-state index contributed by atoms with van der Waals surface area (Å²) in [5.74, 6) is -1.86. The molecule has 0 saturated carbocycles. The van der Waals surface area contributed by atoms with Crippen LogP contribution < -0.4 is 20.7 Å². The van der Waals surface area contributed by atoms with Crippen LogP contribution in [0.1, 0.15) is 26.7 Å². The number of ether oxygens (including phenoxy) is 1. The van der Waals surface area contributed by atoms with Gasteiger partial charge in [0.25, 0.3) is 0 Å². The van der Waals surface area contributed by atoms with Crippen LogP contribution >= 0.6 is 0 Å². The molecule has 0 bridgehead atoms. The Labute approximate surface area is 162 Å². The molecule has 6 nitrogen and oxygen atoms in total. The number of alkyl halides is 3. The number of nitrogens with one attached hydrogen (secondary N) is 1. The number of anilines is 1. The molecule has 1 aromatic carbocycles. The van der Waals surface area contributed by atoms with Crippen molar-refractivity contribution in [3.63, 3.8) is 0 Å². The first-order valence-electron chi connectivity index (χ1n) is 8.89. The molecule has 0 heterocycles. The third kappa shape index (κ3) is 6.88. The number of halogens is 3. The van der Waals surface area contributed by atoms with E-state index in [-0.39, 0.29) is 18.1 Å². The summed E-state index contributed by atoms with van der Waals surface area (Å²) in [6.45, 7) is 3.28. The molecule has 1 aromatic rings. The average Bonchev–Trinajstić information content (AvgIpc) is 2.68. The summed E-state index contributed by atoms with van der Waals surface area (Å²) in [6.07, 6.45) is -1.05. The Morgan fingerprint density at radius 3 is 2.29 bits per heavy atom. The Bertz CT molecular complexity index is 675. The molecular formula is C19H26F3N3O3. The molecule has 0 radical (unpaired) electrons. The van der Waals surface area contributed by atoms with Gasteiger partial charge in [0.15, 0.2) is 0 Å². The van der Waals surface area contributed by atoms with Gasteiger partial charge in [-0.15, -0.1) is 0 Å². The highest BCUT2D eigenvalue weighted by Crippen LogP contribution is 2.25. The Kier molecular flexibility index (Phi) is 8.98. The van der Waals surface area contributed by atoms with Crippen LogP contribution in [0.2, 0.25) is 0 Å². The van der Waals surface area contributed by atoms with Crippen LogP contribution in [-0.2, 0) is 9.59 Å². The molecule has 0 aliphatic rings. The number of amides is 2. The van der Waals surface area contributed by atoms with Gasteiger partial charge in [-0.3, -0.25) is 9.59 Å². The molecule has 0 unspecified atom stereocenters. The van der Waals surface area contributed by atoms with Gasteiger partial charge in [0.2, 0.25) is 5.91 Å². The third-order valence-corrected chi connectivity index (χ3v) is 4.07. The molecule has 0 aliphatic carbocycles. The minimum absolute atomic E-state index is 0.0814. The predicted octanol–water partition coefficient (Wildman–Crippen LogP) is 2.78. The number of nitrogens with zero attached hydrogens (tertiary/aromatic N) is 1. The van der Waals surface area contributed by atoms with Gasteiger partial charge in [0.1, 0.15) is 5.75 Å². The van der Waals surface area contributed by atoms with Crippen molar-refractivity contribution in [2.24, 2.45) is 5.73 Å². The van der Waals surface area contributed by atoms with Crippen LogP contribution in [0.25, 0.3) is 0 Å². The maximum atomic E-state index is 13.0. The van der Waals surface area contributed by atoms with Crippen LogP contribution in [0, 0.1) is 0 Å². The van der Waals surface area contributed by atoms with Gasteiger partial charge in [0.05, 0.1) is 13.2 Å². The van der Waals surface area contributed by atoms with Gasteiger partial charge in [-0.05, 0) is 37.1 Å². The zero-order valence-electron chi connectivity index (χ0n) is 16.1. The minimum atomic E-state index is -5.01. The lowest BCUT2D eigenvalue weighted by Gasteiger charge is -2.23.